The Balaban J connectivity index is 1.33. The van der Waals surface area contributed by atoms with E-state index in [0.29, 0.717) is 53.1 Å². The number of anilines is 1. The first-order valence-corrected chi connectivity index (χ1v) is 24.1. The van der Waals surface area contributed by atoms with E-state index < -0.39 is 54.0 Å². The fourth-order valence-electron chi connectivity index (χ4n) is 5.85. The van der Waals surface area contributed by atoms with Gasteiger partial charge in [0.25, 0.3) is 10.1 Å². The second-order valence-electron chi connectivity index (χ2n) is 12.8. The van der Waals surface area contributed by atoms with Gasteiger partial charge in [0.2, 0.25) is 0 Å². The summed E-state index contributed by atoms with van der Waals surface area (Å²) in [5, 5.41) is 76.6. The summed E-state index contributed by atoms with van der Waals surface area (Å²) in [6, 6.07) is 17.1. The average Bonchev–Trinajstić information content (AvgIpc) is 3.30. The Morgan fingerprint density at radius 2 is 1.43 bits per heavy atom. The first kappa shape index (κ1) is 50.8. The minimum Gasteiger partial charge on any atom is -0.545 e. The lowest BCUT2D eigenvalue weighted by Gasteiger charge is -2.12. The van der Waals surface area contributed by atoms with Crippen molar-refractivity contribution in [3.63, 3.8) is 0 Å². The maximum Gasteiger partial charge on any atom is 0.330 e. The van der Waals surface area contributed by atoms with E-state index >= 15 is 0 Å². The number of carboxylic acids is 1. The fraction of sp³-hybridized carbons (Fsp3) is 0.0833. The topological polar surface area (TPSA) is 371 Å². The van der Waals surface area contributed by atoms with Gasteiger partial charge in [-0.25, -0.2) is 28.8 Å². The number of nitrogens with two attached hydrogens (primary N) is 1. The van der Waals surface area contributed by atoms with Crippen LogP contribution in [0.25, 0.3) is 21.5 Å². The zero-order valence-corrected chi connectivity index (χ0v) is 37.9. The highest BCUT2D eigenvalue weighted by Crippen LogP contribution is 2.48. The van der Waals surface area contributed by atoms with Crippen molar-refractivity contribution in [1.29, 1.82) is 0 Å². The molecule has 0 aliphatic carbocycles. The van der Waals surface area contributed by atoms with Crippen LogP contribution in [0.2, 0.25) is 0 Å². The zero-order chi connectivity index (χ0) is 48.3. The Bertz CT molecular complexity index is 3130. The number of azo groups is 2. The molecule has 31 heteroatoms. The van der Waals surface area contributed by atoms with E-state index in [4.69, 9.17) is 25.7 Å². The number of carboxylic acid groups (broad SMARTS) is 1. The van der Waals surface area contributed by atoms with Gasteiger partial charge in [-0.2, -0.15) is 8.42 Å². The molecule has 0 aliphatic heterocycles. The Morgan fingerprint density at radius 3 is 2.15 bits per heavy atom. The van der Waals surface area contributed by atoms with Gasteiger partial charge in [-0.3, -0.25) is 9.35 Å². The van der Waals surface area contributed by atoms with Crippen LogP contribution in [0.15, 0.2) is 136 Å². The Kier molecular flexibility index (Phi) is 17.4. The molecule has 0 saturated carbocycles. The molecule has 0 saturated heterocycles. The predicted molar refractivity (Wildman–Crippen MR) is 232 cm³/mol. The first-order valence-electron chi connectivity index (χ1n) is 17.8. The number of carbonyl (C=O) groups is 2. The summed E-state index contributed by atoms with van der Waals surface area (Å²) in [5.41, 5.74) is 5.27. The van der Waals surface area contributed by atoms with Crippen molar-refractivity contribution in [2.24, 2.45) is 20.5 Å². The number of phenolic OH excluding ortho intramolecular Hbond substituents is 1. The van der Waals surface area contributed by atoms with E-state index in [1.807, 2.05) is 0 Å². The van der Waals surface area contributed by atoms with E-state index in [0.717, 1.165) is 6.07 Å². The normalized spacial score (nSPS) is 12.2. The maximum absolute atomic E-state index is 13.3. The van der Waals surface area contributed by atoms with Crippen molar-refractivity contribution >= 4 is 130 Å². The highest BCUT2D eigenvalue weighted by atomic mass is 32.2. The van der Waals surface area contributed by atoms with Crippen LogP contribution in [0.4, 0.5) is 28.4 Å². The summed E-state index contributed by atoms with van der Waals surface area (Å²) in [7, 11) is -9.05. The first-order chi connectivity index (χ1) is 32.0. The highest BCUT2D eigenvalue weighted by molar-refractivity contribution is 7.96. The second kappa shape index (κ2) is 22.9. The zero-order valence-electron chi connectivity index (χ0n) is 33.0. The number of phenols is 1. The molecule has 0 atom stereocenters. The number of aromatic nitrogens is 1. The Hall–Kier alpha value is -5.59. The van der Waals surface area contributed by atoms with E-state index in [-0.39, 0.29) is 76.8 Å². The van der Waals surface area contributed by atoms with E-state index in [9.17, 15) is 41.2 Å². The van der Waals surface area contributed by atoms with E-state index in [1.54, 1.807) is 0 Å². The molecular formula is C36H28N6O19S6. The predicted octanol–water partition coefficient (Wildman–Crippen LogP) is 6.96. The number of aromatic carboxylic acids is 1. The van der Waals surface area contributed by atoms with Crippen molar-refractivity contribution in [2.45, 2.75) is 31.0 Å². The van der Waals surface area contributed by atoms with Crippen molar-refractivity contribution in [2.75, 3.05) is 17.2 Å². The molecule has 0 radical (unpaired) electrons. The molecule has 0 unspecified atom stereocenters. The van der Waals surface area contributed by atoms with Gasteiger partial charge in [0.15, 0.2) is 34.5 Å². The number of nitrogens with zero attached hydrogens (tertiary/aromatic N) is 5. The Labute approximate surface area is 393 Å². The molecule has 6 aromatic rings. The number of benzene rings is 5. The molecule has 0 aliphatic rings. The third-order valence-electron chi connectivity index (χ3n) is 8.73. The van der Waals surface area contributed by atoms with Crippen molar-refractivity contribution in [1.82, 2.24) is 0 Å². The largest absolute Gasteiger partial charge is 0.545 e. The molecule has 1 heterocycles. The SMILES string of the molecule is Nc1ccc2c(O)c(N=Nc3ccc4cc(SOC(=O)CSOOO)ccc4c3S(=O)(=O)O)c(SOOO)cc2c1N=Nc1ccc(S(=O)(=O)CC[n+]2cccc(C(=O)[O-])c2)cc1SOOO. The van der Waals surface area contributed by atoms with Crippen LogP contribution in [0.5, 0.6) is 5.75 Å². The van der Waals surface area contributed by atoms with Gasteiger partial charge in [0.1, 0.15) is 39.2 Å². The summed E-state index contributed by atoms with van der Waals surface area (Å²) in [6.45, 7) is -0.129. The monoisotopic (exact) mass is 1040 g/mol. The van der Waals surface area contributed by atoms with Crippen LogP contribution in [0.3, 0.4) is 0 Å². The number of fused-ring (bicyclic) bond motifs is 2. The molecule has 352 valence electrons. The summed E-state index contributed by atoms with van der Waals surface area (Å²) in [5.74, 6) is -3.62. The molecule has 0 fully saturated rings. The standard InChI is InChI=1S/C36H28N6O19S6/c37-26-8-7-24-25(32(26)40-38-27-10-5-22(15-29(27)64-60-57-48)66(50,51)13-12-42-11-1-2-20(17-42)36(45)46)16-30(65-61-58-49)33(34(24)44)41-39-28-9-3-19-14-21(63-55-31(43)18-62-59-56-47)4-6-23(19)35(28)67(52,53)54/h1-11,14-17H,12-13,18H2,(H7-,37,38,39,44,45,46,47,48,49,52,53,54). The molecule has 25 nitrogen and oxygen atoms in total. The van der Waals surface area contributed by atoms with Gasteiger partial charge < -0.3 is 24.9 Å². The quantitative estimate of drug-likeness (QED) is 0.00584. The minimum atomic E-state index is -5.01. The number of aromatic hydroxyl groups is 1. The minimum absolute atomic E-state index is 0.000626. The van der Waals surface area contributed by atoms with Gasteiger partial charge in [-0.05, 0) is 66.0 Å². The molecule has 0 spiro atoms. The van der Waals surface area contributed by atoms with Crippen LogP contribution in [-0.4, -0.2) is 65.7 Å². The Morgan fingerprint density at radius 1 is 0.746 bits per heavy atom. The number of sulfone groups is 1. The number of hydrogen-bond acceptors (Lipinski definition) is 27. The third-order valence-corrected chi connectivity index (χ3v) is 13.8. The van der Waals surface area contributed by atoms with Crippen LogP contribution in [0.1, 0.15) is 10.4 Å². The summed E-state index contributed by atoms with van der Waals surface area (Å²) in [6.07, 6.45) is 2.70. The molecule has 0 bridgehead atoms. The smallest absolute Gasteiger partial charge is 0.330 e. The van der Waals surface area contributed by atoms with Crippen molar-refractivity contribution in [3.8, 4) is 5.75 Å². The van der Waals surface area contributed by atoms with Gasteiger partial charge in [0, 0.05) is 39.2 Å². The lowest BCUT2D eigenvalue weighted by atomic mass is 10.1. The molecule has 67 heavy (non-hydrogen) atoms. The number of aryl methyl sites for hydroxylation is 1. The molecular weight excluding hydrogens is 1010 g/mol. The van der Waals surface area contributed by atoms with Gasteiger partial charge in [-0.15, -0.1) is 33.5 Å². The number of hydrogen-bond donors (Lipinski definition) is 6. The summed E-state index contributed by atoms with van der Waals surface area (Å²) < 4.78 is 82.2. The van der Waals surface area contributed by atoms with Gasteiger partial charge in [-0.1, -0.05) is 27.2 Å². The summed E-state index contributed by atoms with van der Waals surface area (Å²) in [4.78, 5) is 22.4. The maximum atomic E-state index is 13.3. The summed E-state index contributed by atoms with van der Waals surface area (Å²) >= 11 is 1.76. The number of carbonyl (C=O) groups excluding carboxylic acids is 2. The number of nitrogen functional groups attached to an aromatic ring is 1. The number of rotatable bonds is 22. The lowest BCUT2D eigenvalue weighted by Crippen LogP contribution is -2.38. The van der Waals surface area contributed by atoms with Crippen LogP contribution < -0.4 is 15.4 Å². The second-order valence-corrected chi connectivity index (χ2v) is 19.2. The molecule has 1 aromatic heterocycles. The van der Waals surface area contributed by atoms with Crippen molar-refractivity contribution in [3.05, 3.63) is 96.8 Å². The average molecular weight is 1040 g/mol. The van der Waals surface area contributed by atoms with Gasteiger partial charge in [0.05, 0.1) is 68.0 Å². The third kappa shape index (κ3) is 12.9. The van der Waals surface area contributed by atoms with Crippen molar-refractivity contribution < 1.29 is 93.8 Å². The highest BCUT2D eigenvalue weighted by Gasteiger charge is 2.24. The molecule has 0 amide bonds. The molecule has 7 N–H and O–H groups in total. The number of pyridine rings is 1. The van der Waals surface area contributed by atoms with E-state index in [1.165, 1.54) is 89.8 Å². The molecule has 6 rings (SSSR count). The van der Waals surface area contributed by atoms with E-state index in [2.05, 4.69) is 48.6 Å². The van der Waals surface area contributed by atoms with Crippen LogP contribution >= 0.6 is 48.2 Å². The van der Waals surface area contributed by atoms with Crippen LogP contribution in [0, 0.1) is 0 Å². The lowest BCUT2D eigenvalue weighted by molar-refractivity contribution is -0.692. The van der Waals surface area contributed by atoms with Gasteiger partial charge >= 0.3 is 5.97 Å². The van der Waals surface area contributed by atoms with Crippen LogP contribution in [-0.2, 0) is 63.6 Å². The molecule has 5 aromatic carbocycles. The fourth-order valence-corrected chi connectivity index (χ4v) is 9.85.